The molecule has 114 valence electrons. The molecular formula is C15H21N3O2S. The van der Waals surface area contributed by atoms with E-state index in [9.17, 15) is 13.7 Å². The van der Waals surface area contributed by atoms with Gasteiger partial charge in [0, 0.05) is 32.4 Å². The van der Waals surface area contributed by atoms with Gasteiger partial charge < -0.3 is 10.2 Å². The van der Waals surface area contributed by atoms with Crippen LogP contribution in [0, 0.1) is 11.3 Å². The maximum absolute atomic E-state index is 11.2. The zero-order chi connectivity index (χ0) is 15.5. The minimum absolute atomic E-state index is 0.0827. The zero-order valence-electron chi connectivity index (χ0n) is 12.5. The summed E-state index contributed by atoms with van der Waals surface area (Å²) in [6.45, 7) is 1.15. The minimum Gasteiger partial charge on any atom is -0.373 e. The molecule has 0 saturated heterocycles. The fraction of sp³-hybridized carbons (Fsp3) is 0.533. The van der Waals surface area contributed by atoms with Gasteiger partial charge in [0.25, 0.3) is 0 Å². The van der Waals surface area contributed by atoms with Crippen LogP contribution in [0.2, 0.25) is 0 Å². The lowest BCUT2D eigenvalue weighted by Gasteiger charge is -2.20. The standard InChI is InChI=1S/C15H21N3O2S/c1-18(7-8-21(2,19)20)15-6-3-12(9-13(15)10-16)11-17-14-4-5-14/h3,6,9,14,17H,4-5,7-8,11H2,1-2H3. The van der Waals surface area contributed by atoms with Crippen LogP contribution in [0.1, 0.15) is 24.0 Å². The Hall–Kier alpha value is -1.58. The van der Waals surface area contributed by atoms with Crippen molar-refractivity contribution < 1.29 is 8.42 Å². The lowest BCUT2D eigenvalue weighted by molar-refractivity contribution is 0.601. The summed E-state index contributed by atoms with van der Waals surface area (Å²) in [5, 5.41) is 12.7. The quantitative estimate of drug-likeness (QED) is 0.822. The second-order valence-corrected chi connectivity index (χ2v) is 7.93. The highest BCUT2D eigenvalue weighted by Gasteiger charge is 2.20. The maximum atomic E-state index is 11.2. The Morgan fingerprint density at radius 1 is 1.43 bits per heavy atom. The number of hydrogen-bond acceptors (Lipinski definition) is 5. The third kappa shape index (κ3) is 5.03. The highest BCUT2D eigenvalue weighted by molar-refractivity contribution is 7.90. The molecule has 2 rings (SSSR count). The van der Waals surface area contributed by atoms with Crippen molar-refractivity contribution in [2.45, 2.75) is 25.4 Å². The molecule has 0 amide bonds. The van der Waals surface area contributed by atoms with E-state index in [2.05, 4.69) is 11.4 Å². The van der Waals surface area contributed by atoms with Crippen molar-refractivity contribution in [2.24, 2.45) is 0 Å². The van der Waals surface area contributed by atoms with Crippen LogP contribution in [0.15, 0.2) is 18.2 Å². The van der Waals surface area contributed by atoms with Crippen molar-refractivity contribution in [1.82, 2.24) is 5.32 Å². The van der Waals surface area contributed by atoms with Gasteiger partial charge in [-0.15, -0.1) is 0 Å². The minimum atomic E-state index is -3.00. The van der Waals surface area contributed by atoms with Crippen LogP contribution in [-0.2, 0) is 16.4 Å². The van der Waals surface area contributed by atoms with Crippen molar-refractivity contribution in [3.63, 3.8) is 0 Å². The summed E-state index contributed by atoms with van der Waals surface area (Å²) in [5.41, 5.74) is 2.44. The molecule has 1 aliphatic rings. The number of hydrogen-bond donors (Lipinski definition) is 1. The van der Waals surface area contributed by atoms with E-state index < -0.39 is 9.84 Å². The van der Waals surface area contributed by atoms with Gasteiger partial charge in [-0.2, -0.15) is 5.26 Å². The summed E-state index contributed by atoms with van der Waals surface area (Å²) in [6.07, 6.45) is 3.69. The third-order valence-electron chi connectivity index (χ3n) is 3.56. The van der Waals surface area contributed by atoms with Crippen molar-refractivity contribution in [1.29, 1.82) is 5.26 Å². The molecule has 0 bridgehead atoms. The van der Waals surface area contributed by atoms with Gasteiger partial charge in [-0.25, -0.2) is 8.42 Å². The number of anilines is 1. The van der Waals surface area contributed by atoms with Gasteiger partial charge in [-0.1, -0.05) is 6.07 Å². The molecule has 1 N–H and O–H groups in total. The SMILES string of the molecule is CN(CCS(C)(=O)=O)c1ccc(CNC2CC2)cc1C#N. The van der Waals surface area contributed by atoms with Gasteiger partial charge in [0.05, 0.1) is 17.0 Å². The smallest absolute Gasteiger partial charge is 0.149 e. The molecule has 0 aliphatic heterocycles. The van der Waals surface area contributed by atoms with Crippen molar-refractivity contribution >= 4 is 15.5 Å². The van der Waals surface area contributed by atoms with Gasteiger partial charge in [-0.05, 0) is 30.5 Å². The highest BCUT2D eigenvalue weighted by atomic mass is 32.2. The van der Waals surface area contributed by atoms with Crippen molar-refractivity contribution in [3.05, 3.63) is 29.3 Å². The predicted molar refractivity (Wildman–Crippen MR) is 84.0 cm³/mol. The molecule has 0 aromatic heterocycles. The number of nitriles is 1. The van der Waals surface area contributed by atoms with E-state index in [0.29, 0.717) is 18.2 Å². The van der Waals surface area contributed by atoms with Crippen LogP contribution in [-0.4, -0.2) is 40.1 Å². The predicted octanol–water partition coefficient (Wildman–Crippen LogP) is 1.29. The molecule has 1 aromatic rings. The van der Waals surface area contributed by atoms with E-state index in [4.69, 9.17) is 0 Å². The monoisotopic (exact) mass is 307 g/mol. The number of sulfone groups is 1. The molecule has 0 heterocycles. The molecular weight excluding hydrogens is 286 g/mol. The Bertz CT molecular complexity index is 645. The number of nitrogens with zero attached hydrogens (tertiary/aromatic N) is 2. The molecule has 0 atom stereocenters. The molecule has 0 spiro atoms. The van der Waals surface area contributed by atoms with Gasteiger partial charge >= 0.3 is 0 Å². The third-order valence-corrected chi connectivity index (χ3v) is 4.49. The summed E-state index contributed by atoms with van der Waals surface area (Å²) >= 11 is 0. The normalized spacial score (nSPS) is 14.7. The fourth-order valence-electron chi connectivity index (χ4n) is 2.09. The van der Waals surface area contributed by atoms with Crippen LogP contribution in [0.25, 0.3) is 0 Å². The van der Waals surface area contributed by atoms with E-state index in [-0.39, 0.29) is 5.75 Å². The molecule has 21 heavy (non-hydrogen) atoms. The van der Waals surface area contributed by atoms with Gasteiger partial charge in [0.1, 0.15) is 15.9 Å². The second kappa shape index (κ2) is 6.46. The van der Waals surface area contributed by atoms with Crippen molar-refractivity contribution in [2.75, 3.05) is 30.5 Å². The summed E-state index contributed by atoms with van der Waals surface area (Å²) in [6, 6.07) is 8.59. The van der Waals surface area contributed by atoms with Gasteiger partial charge in [-0.3, -0.25) is 0 Å². The number of rotatable bonds is 7. The van der Waals surface area contributed by atoms with Crippen LogP contribution in [0.4, 0.5) is 5.69 Å². The topological polar surface area (TPSA) is 73.2 Å². The number of benzene rings is 1. The van der Waals surface area contributed by atoms with E-state index in [1.807, 2.05) is 30.1 Å². The molecule has 1 aliphatic carbocycles. The Balaban J connectivity index is 2.05. The molecule has 6 heteroatoms. The molecule has 5 nitrogen and oxygen atoms in total. The first-order valence-corrected chi connectivity index (χ1v) is 9.10. The Morgan fingerprint density at radius 2 is 2.14 bits per heavy atom. The second-order valence-electron chi connectivity index (χ2n) is 5.67. The molecule has 1 fully saturated rings. The van der Waals surface area contributed by atoms with Crippen molar-refractivity contribution in [3.8, 4) is 6.07 Å². The van der Waals surface area contributed by atoms with E-state index in [1.165, 1.54) is 19.1 Å². The fourth-order valence-corrected chi connectivity index (χ4v) is 2.69. The molecule has 1 saturated carbocycles. The summed E-state index contributed by atoms with van der Waals surface area (Å²) in [7, 11) is -1.19. The van der Waals surface area contributed by atoms with Crippen LogP contribution in [0.3, 0.4) is 0 Å². The first kappa shape index (κ1) is 15.8. The molecule has 1 aromatic carbocycles. The lowest BCUT2D eigenvalue weighted by Crippen LogP contribution is -2.25. The Labute approximate surface area is 126 Å². The molecule has 0 unspecified atom stereocenters. The van der Waals surface area contributed by atoms with Gasteiger partial charge in [0.15, 0.2) is 0 Å². The lowest BCUT2D eigenvalue weighted by atomic mass is 10.1. The van der Waals surface area contributed by atoms with Crippen LogP contribution in [0.5, 0.6) is 0 Å². The summed E-state index contributed by atoms with van der Waals surface area (Å²) in [4.78, 5) is 1.82. The summed E-state index contributed by atoms with van der Waals surface area (Å²) in [5.74, 6) is 0.0827. The van der Waals surface area contributed by atoms with Crippen LogP contribution >= 0.6 is 0 Å². The van der Waals surface area contributed by atoms with Gasteiger partial charge in [0.2, 0.25) is 0 Å². The Kier molecular flexibility index (Phi) is 4.86. The first-order valence-electron chi connectivity index (χ1n) is 7.04. The first-order chi connectivity index (χ1) is 9.89. The largest absolute Gasteiger partial charge is 0.373 e. The van der Waals surface area contributed by atoms with E-state index in [1.54, 1.807) is 0 Å². The maximum Gasteiger partial charge on any atom is 0.149 e. The van der Waals surface area contributed by atoms with Crippen LogP contribution < -0.4 is 10.2 Å². The zero-order valence-corrected chi connectivity index (χ0v) is 13.3. The van der Waals surface area contributed by atoms with E-state index >= 15 is 0 Å². The Morgan fingerprint density at radius 3 is 2.71 bits per heavy atom. The number of nitrogens with one attached hydrogen (secondary N) is 1. The average molecular weight is 307 g/mol. The average Bonchev–Trinajstić information content (AvgIpc) is 3.25. The highest BCUT2D eigenvalue weighted by Crippen LogP contribution is 2.22. The summed E-state index contributed by atoms with van der Waals surface area (Å²) < 4.78 is 22.5. The molecule has 0 radical (unpaired) electrons. The van der Waals surface area contributed by atoms with E-state index in [0.717, 1.165) is 17.8 Å².